The van der Waals surface area contributed by atoms with E-state index in [4.69, 9.17) is 4.74 Å². The highest BCUT2D eigenvalue weighted by Crippen LogP contribution is 2.31. The van der Waals surface area contributed by atoms with Crippen LogP contribution in [0.4, 0.5) is 4.79 Å². The van der Waals surface area contributed by atoms with Gasteiger partial charge in [-0.15, -0.1) is 0 Å². The summed E-state index contributed by atoms with van der Waals surface area (Å²) in [5.41, 5.74) is 0.267. The second-order valence-corrected chi connectivity index (χ2v) is 8.45. The van der Waals surface area contributed by atoms with Crippen LogP contribution in [0.1, 0.15) is 71.0 Å². The van der Waals surface area contributed by atoms with E-state index in [9.17, 15) is 19.5 Å². The number of alkyl carbamates (subject to hydrolysis) is 1. The van der Waals surface area contributed by atoms with E-state index in [1.807, 2.05) is 0 Å². The van der Waals surface area contributed by atoms with Crippen LogP contribution in [0.2, 0.25) is 0 Å². The maximum atomic E-state index is 13.1. The lowest BCUT2D eigenvalue weighted by Gasteiger charge is -2.31. The number of nitrogens with zero attached hydrogens (tertiary/aromatic N) is 1. The second-order valence-electron chi connectivity index (χ2n) is 8.45. The van der Waals surface area contributed by atoms with Crippen molar-refractivity contribution in [2.24, 2.45) is 0 Å². The van der Waals surface area contributed by atoms with Crippen LogP contribution in [0.25, 0.3) is 0 Å². The van der Waals surface area contributed by atoms with Gasteiger partial charge < -0.3 is 25.4 Å². The van der Waals surface area contributed by atoms with Gasteiger partial charge in [0, 0.05) is 18.7 Å². The zero-order valence-electron chi connectivity index (χ0n) is 19.6. The Labute approximate surface area is 185 Å². The van der Waals surface area contributed by atoms with Crippen LogP contribution in [0.3, 0.4) is 0 Å². The normalized spacial score (nSPS) is 12.1. The summed E-state index contributed by atoms with van der Waals surface area (Å²) in [6.07, 6.45) is 2.12. The molecule has 0 saturated heterocycles. The average molecular weight is 436 g/mol. The molecular formula is C23H37N3O5. The molecular weight excluding hydrogens is 398 g/mol. The van der Waals surface area contributed by atoms with Gasteiger partial charge in [-0.25, -0.2) is 4.79 Å². The Balaban J connectivity index is 3.07. The van der Waals surface area contributed by atoms with Crippen LogP contribution in [-0.4, -0.2) is 53.1 Å². The van der Waals surface area contributed by atoms with E-state index in [0.29, 0.717) is 17.7 Å². The molecule has 1 aromatic carbocycles. The van der Waals surface area contributed by atoms with Crippen LogP contribution >= 0.6 is 0 Å². The molecule has 31 heavy (non-hydrogen) atoms. The highest BCUT2D eigenvalue weighted by molar-refractivity contribution is 5.91. The molecule has 1 unspecified atom stereocenters. The summed E-state index contributed by atoms with van der Waals surface area (Å²) in [4.78, 5) is 39.3. The molecule has 1 atom stereocenters. The van der Waals surface area contributed by atoms with Gasteiger partial charge in [0.05, 0.1) is 0 Å². The molecule has 8 heteroatoms. The standard InChI is InChI=1S/C23H37N3O5/c1-7-9-10-14-24-21(29)19(17-13-11-12-16(3)20(17)28)26(8-2)18(27)15-25-22(30)31-23(4,5)6/h11-13,19,28H,7-10,14-15H2,1-6H3,(H,24,29)(H,25,30). The lowest BCUT2D eigenvalue weighted by Crippen LogP contribution is -2.47. The first-order chi connectivity index (χ1) is 14.5. The summed E-state index contributed by atoms with van der Waals surface area (Å²) in [6.45, 7) is 11.1. The molecule has 1 rings (SSSR count). The van der Waals surface area contributed by atoms with Gasteiger partial charge in [0.15, 0.2) is 0 Å². The number of hydrogen-bond donors (Lipinski definition) is 3. The average Bonchev–Trinajstić information content (AvgIpc) is 2.68. The molecule has 0 saturated carbocycles. The van der Waals surface area contributed by atoms with Crippen molar-refractivity contribution in [1.82, 2.24) is 15.5 Å². The maximum Gasteiger partial charge on any atom is 0.408 e. The van der Waals surface area contributed by atoms with E-state index in [2.05, 4.69) is 17.6 Å². The Morgan fingerprint density at radius 1 is 1.13 bits per heavy atom. The van der Waals surface area contributed by atoms with Gasteiger partial charge in [0.2, 0.25) is 11.8 Å². The van der Waals surface area contributed by atoms with Gasteiger partial charge in [0.1, 0.15) is 23.9 Å². The molecule has 8 nitrogen and oxygen atoms in total. The molecule has 0 spiro atoms. The number of unbranched alkanes of at least 4 members (excludes halogenated alkanes) is 2. The molecule has 0 aliphatic heterocycles. The summed E-state index contributed by atoms with van der Waals surface area (Å²) in [7, 11) is 0. The van der Waals surface area contributed by atoms with Gasteiger partial charge in [0.25, 0.3) is 0 Å². The third-order valence-corrected chi connectivity index (χ3v) is 4.65. The van der Waals surface area contributed by atoms with E-state index < -0.39 is 23.6 Å². The summed E-state index contributed by atoms with van der Waals surface area (Å²) < 4.78 is 5.16. The zero-order chi connectivity index (χ0) is 23.6. The molecule has 0 aliphatic rings. The first kappa shape index (κ1) is 26.3. The summed E-state index contributed by atoms with van der Waals surface area (Å²) in [5, 5.41) is 15.9. The number of aryl methyl sites for hydroxylation is 1. The molecule has 3 amide bonds. The zero-order valence-corrected chi connectivity index (χ0v) is 19.6. The monoisotopic (exact) mass is 435 g/mol. The number of rotatable bonds is 10. The Kier molecular flexibility index (Phi) is 10.3. The minimum absolute atomic E-state index is 0.0254. The summed E-state index contributed by atoms with van der Waals surface area (Å²) in [5.74, 6) is -0.852. The van der Waals surface area contributed by atoms with E-state index in [-0.39, 0.29) is 24.7 Å². The minimum atomic E-state index is -1.01. The number of benzene rings is 1. The third kappa shape index (κ3) is 8.47. The number of phenolic OH excluding ortho intramolecular Hbond substituents is 1. The number of aromatic hydroxyl groups is 1. The van der Waals surface area contributed by atoms with Gasteiger partial charge in [-0.1, -0.05) is 38.0 Å². The lowest BCUT2D eigenvalue weighted by molar-refractivity contribution is -0.140. The van der Waals surface area contributed by atoms with Gasteiger partial charge in [-0.3, -0.25) is 9.59 Å². The Morgan fingerprint density at radius 3 is 2.39 bits per heavy atom. The number of nitrogens with one attached hydrogen (secondary N) is 2. The van der Waals surface area contributed by atoms with Gasteiger partial charge >= 0.3 is 6.09 Å². The van der Waals surface area contributed by atoms with Gasteiger partial charge in [-0.05, 0) is 46.6 Å². The van der Waals surface area contributed by atoms with Gasteiger partial charge in [-0.2, -0.15) is 0 Å². The number of phenols is 1. The molecule has 0 radical (unpaired) electrons. The smallest absolute Gasteiger partial charge is 0.408 e. The van der Waals surface area contributed by atoms with Crippen molar-refractivity contribution in [1.29, 1.82) is 0 Å². The highest BCUT2D eigenvalue weighted by atomic mass is 16.6. The Morgan fingerprint density at radius 2 is 1.81 bits per heavy atom. The fourth-order valence-corrected chi connectivity index (χ4v) is 3.10. The van der Waals surface area contributed by atoms with Crippen molar-refractivity contribution < 1.29 is 24.2 Å². The van der Waals surface area contributed by atoms with Crippen LogP contribution in [0.15, 0.2) is 18.2 Å². The second kappa shape index (κ2) is 12.2. The van der Waals surface area contributed by atoms with Crippen molar-refractivity contribution >= 4 is 17.9 Å². The summed E-state index contributed by atoms with van der Waals surface area (Å²) >= 11 is 0. The van der Waals surface area contributed by atoms with Crippen molar-refractivity contribution in [2.75, 3.05) is 19.6 Å². The van der Waals surface area contributed by atoms with Crippen LogP contribution in [0.5, 0.6) is 5.75 Å². The molecule has 1 aromatic rings. The fraction of sp³-hybridized carbons (Fsp3) is 0.609. The van der Waals surface area contributed by atoms with Crippen LogP contribution in [-0.2, 0) is 14.3 Å². The van der Waals surface area contributed by atoms with Crippen molar-refractivity contribution in [2.45, 2.75) is 72.4 Å². The first-order valence-corrected chi connectivity index (χ1v) is 10.8. The van der Waals surface area contributed by atoms with E-state index in [0.717, 1.165) is 19.3 Å². The quantitative estimate of drug-likeness (QED) is 0.488. The topological polar surface area (TPSA) is 108 Å². The van der Waals surface area contributed by atoms with E-state index in [1.165, 1.54) is 4.90 Å². The number of amides is 3. The molecule has 174 valence electrons. The third-order valence-electron chi connectivity index (χ3n) is 4.65. The largest absolute Gasteiger partial charge is 0.507 e. The summed E-state index contributed by atoms with van der Waals surface area (Å²) in [6, 6.07) is 4.09. The predicted octanol–water partition coefficient (Wildman–Crippen LogP) is 3.42. The van der Waals surface area contributed by atoms with Crippen molar-refractivity contribution in [3.8, 4) is 5.75 Å². The lowest BCUT2D eigenvalue weighted by atomic mass is 10.00. The van der Waals surface area contributed by atoms with Crippen molar-refractivity contribution in [3.05, 3.63) is 29.3 Å². The predicted molar refractivity (Wildman–Crippen MR) is 120 cm³/mol. The highest BCUT2D eigenvalue weighted by Gasteiger charge is 2.32. The molecule has 0 bridgehead atoms. The molecule has 0 heterocycles. The maximum absolute atomic E-state index is 13.1. The molecule has 0 fully saturated rings. The van der Waals surface area contributed by atoms with Crippen LogP contribution < -0.4 is 10.6 Å². The molecule has 3 N–H and O–H groups in total. The number of carbonyl (C=O) groups excluding carboxylic acids is 3. The number of ether oxygens (including phenoxy) is 1. The Bertz CT molecular complexity index is 758. The number of carbonyl (C=O) groups is 3. The van der Waals surface area contributed by atoms with E-state index in [1.54, 1.807) is 52.8 Å². The minimum Gasteiger partial charge on any atom is -0.507 e. The fourth-order valence-electron chi connectivity index (χ4n) is 3.10. The number of hydrogen-bond acceptors (Lipinski definition) is 5. The number of likely N-dealkylation sites (N-methyl/N-ethyl adjacent to an activating group) is 1. The Hall–Kier alpha value is -2.77. The van der Waals surface area contributed by atoms with Crippen LogP contribution in [0, 0.1) is 6.92 Å². The molecule has 0 aromatic heterocycles. The first-order valence-electron chi connectivity index (χ1n) is 10.8. The van der Waals surface area contributed by atoms with Crippen molar-refractivity contribution in [3.63, 3.8) is 0 Å². The molecule has 0 aliphatic carbocycles. The SMILES string of the molecule is CCCCCNC(=O)C(c1cccc(C)c1O)N(CC)C(=O)CNC(=O)OC(C)(C)C. The van der Waals surface area contributed by atoms with E-state index >= 15 is 0 Å². The number of para-hydroxylation sites is 1.